The lowest BCUT2D eigenvalue weighted by molar-refractivity contribution is 0.102. The zero-order valence-electron chi connectivity index (χ0n) is 15.1. The lowest BCUT2D eigenvalue weighted by atomic mass is 10.0. The summed E-state index contributed by atoms with van der Waals surface area (Å²) < 4.78 is 11.7. The van der Waals surface area contributed by atoms with Gasteiger partial charge in [-0.25, -0.2) is 9.78 Å². The molecule has 0 spiro atoms. The monoisotopic (exact) mass is 394 g/mol. The van der Waals surface area contributed by atoms with Crippen molar-refractivity contribution in [2.45, 2.75) is 6.10 Å². The van der Waals surface area contributed by atoms with Gasteiger partial charge in [0, 0.05) is 12.6 Å². The molecule has 0 bridgehead atoms. The largest absolute Gasteiger partial charge is 0.454 e. The number of aliphatic hydroxyl groups excluding tert-OH is 1. The molecule has 2 aliphatic rings. The summed E-state index contributed by atoms with van der Waals surface area (Å²) in [5.74, 6) is 0.528. The zero-order valence-corrected chi connectivity index (χ0v) is 15.1. The summed E-state index contributed by atoms with van der Waals surface area (Å²) in [6.45, 7) is 0.133. The summed E-state index contributed by atoms with van der Waals surface area (Å²) in [6, 6.07) is 8.39. The topological polar surface area (TPSA) is 136 Å². The fraction of sp³-hybridized carbons (Fsp3) is 0.158. The number of ether oxygens (including phenoxy) is 2. The molecule has 3 N–H and O–H groups in total. The van der Waals surface area contributed by atoms with Crippen LogP contribution in [0.5, 0.6) is 11.5 Å². The van der Waals surface area contributed by atoms with E-state index in [-0.39, 0.29) is 29.4 Å². The Morgan fingerprint density at radius 1 is 1.14 bits per heavy atom. The quantitative estimate of drug-likeness (QED) is 0.547. The van der Waals surface area contributed by atoms with Crippen LogP contribution in [-0.2, 0) is 7.05 Å². The molecule has 4 heterocycles. The van der Waals surface area contributed by atoms with Gasteiger partial charge in [0.15, 0.2) is 11.5 Å². The summed E-state index contributed by atoms with van der Waals surface area (Å²) in [4.78, 5) is 43.5. The van der Waals surface area contributed by atoms with Gasteiger partial charge in [-0.05, 0) is 30.3 Å². The second-order valence-electron chi connectivity index (χ2n) is 6.63. The van der Waals surface area contributed by atoms with E-state index in [1.807, 2.05) is 0 Å². The highest BCUT2D eigenvalue weighted by Crippen LogP contribution is 2.37. The van der Waals surface area contributed by atoms with Gasteiger partial charge in [0.1, 0.15) is 11.9 Å². The first-order valence-corrected chi connectivity index (χ1v) is 8.67. The number of nitrogens with zero attached hydrogens (tertiary/aromatic N) is 2. The van der Waals surface area contributed by atoms with Crippen molar-refractivity contribution in [2.75, 3.05) is 12.1 Å². The van der Waals surface area contributed by atoms with Crippen LogP contribution in [0.2, 0.25) is 0 Å². The number of aliphatic hydroxyl groups is 1. The van der Waals surface area contributed by atoms with E-state index in [1.165, 1.54) is 13.1 Å². The molecule has 1 aromatic carbocycles. The first-order valence-electron chi connectivity index (χ1n) is 8.67. The van der Waals surface area contributed by atoms with Crippen LogP contribution in [0.1, 0.15) is 27.7 Å². The van der Waals surface area contributed by atoms with Crippen LogP contribution < -0.4 is 26.0 Å². The molecule has 0 aliphatic carbocycles. The van der Waals surface area contributed by atoms with Gasteiger partial charge in [0.2, 0.25) is 6.79 Å². The Hall–Kier alpha value is -3.92. The van der Waals surface area contributed by atoms with E-state index in [4.69, 9.17) is 9.47 Å². The molecule has 0 fully saturated rings. The van der Waals surface area contributed by atoms with Crippen molar-refractivity contribution < 1.29 is 19.4 Å². The SMILES string of the molecule is Cn1c2c(c(=O)[nH]c1=O)C(O)c1nc(-c3ccc4c(c3)OCO4)ccc1C(=O)N2. The highest BCUT2D eigenvalue weighted by atomic mass is 16.7. The highest BCUT2D eigenvalue weighted by molar-refractivity contribution is 6.06. The van der Waals surface area contributed by atoms with Gasteiger partial charge in [-0.15, -0.1) is 0 Å². The average Bonchev–Trinajstić information content (AvgIpc) is 3.14. The first-order chi connectivity index (χ1) is 13.9. The standard InChI is InChI=1S/C19H14N4O6/c1-23-16-13(18(26)22-19(23)27)15(24)14-9(17(25)21-16)3-4-10(20-14)8-2-5-11-12(6-8)29-7-28-11/h2-6,15,24H,7H2,1H3,(H,21,25)(H,22,26,27). The minimum absolute atomic E-state index is 0.0144. The molecule has 10 nitrogen and oxygen atoms in total. The number of rotatable bonds is 1. The van der Waals surface area contributed by atoms with E-state index in [9.17, 15) is 19.5 Å². The molecule has 0 radical (unpaired) electrons. The number of hydrogen-bond donors (Lipinski definition) is 3. The third kappa shape index (κ3) is 2.53. The number of benzene rings is 1. The maximum atomic E-state index is 12.7. The van der Waals surface area contributed by atoms with E-state index in [0.29, 0.717) is 22.8 Å². The average molecular weight is 394 g/mol. The Kier molecular flexibility index (Phi) is 3.58. The molecule has 1 unspecified atom stereocenters. The number of H-pyrrole nitrogens is 1. The van der Waals surface area contributed by atoms with Crippen LogP contribution in [0, 0.1) is 0 Å². The molecular formula is C19H14N4O6. The fourth-order valence-electron chi connectivity index (χ4n) is 3.45. The third-order valence-electron chi connectivity index (χ3n) is 4.96. The number of nitrogens with one attached hydrogen (secondary N) is 2. The van der Waals surface area contributed by atoms with E-state index < -0.39 is 23.3 Å². The molecule has 146 valence electrons. The normalized spacial score (nSPS) is 16.6. The van der Waals surface area contributed by atoms with Crippen molar-refractivity contribution in [2.24, 2.45) is 7.05 Å². The predicted molar refractivity (Wildman–Crippen MR) is 100 cm³/mol. The molecule has 10 heteroatoms. The lowest BCUT2D eigenvalue weighted by Crippen LogP contribution is -2.34. The van der Waals surface area contributed by atoms with Gasteiger partial charge in [-0.2, -0.15) is 0 Å². The van der Waals surface area contributed by atoms with Gasteiger partial charge >= 0.3 is 5.69 Å². The highest BCUT2D eigenvalue weighted by Gasteiger charge is 2.32. The van der Waals surface area contributed by atoms with E-state index in [1.54, 1.807) is 24.3 Å². The number of fused-ring (bicyclic) bond motifs is 3. The Morgan fingerprint density at radius 3 is 2.76 bits per heavy atom. The number of anilines is 1. The molecule has 3 aromatic rings. The molecular weight excluding hydrogens is 380 g/mol. The minimum atomic E-state index is -1.51. The molecule has 1 amide bonds. The number of amides is 1. The van der Waals surface area contributed by atoms with Gasteiger partial charge in [-0.3, -0.25) is 19.1 Å². The van der Waals surface area contributed by atoms with Gasteiger partial charge < -0.3 is 19.9 Å². The Balaban J connectivity index is 1.69. The maximum absolute atomic E-state index is 12.7. The number of hydrogen-bond acceptors (Lipinski definition) is 7. The summed E-state index contributed by atoms with van der Waals surface area (Å²) in [5.41, 5.74) is -0.387. The molecule has 29 heavy (non-hydrogen) atoms. The van der Waals surface area contributed by atoms with Crippen molar-refractivity contribution in [3.63, 3.8) is 0 Å². The smallest absolute Gasteiger partial charge is 0.329 e. The Labute approximate surface area is 162 Å². The summed E-state index contributed by atoms with van der Waals surface area (Å²) in [5, 5.41) is 13.4. The molecule has 2 aromatic heterocycles. The number of pyridine rings is 1. The van der Waals surface area contributed by atoms with Crippen LogP contribution in [0.4, 0.5) is 5.82 Å². The minimum Gasteiger partial charge on any atom is -0.454 e. The predicted octanol–water partition coefficient (Wildman–Crippen LogP) is 0.512. The first kappa shape index (κ1) is 17.2. The lowest BCUT2D eigenvalue weighted by Gasteiger charge is -2.14. The van der Waals surface area contributed by atoms with Crippen molar-refractivity contribution in [1.82, 2.24) is 14.5 Å². The van der Waals surface area contributed by atoms with Crippen LogP contribution >= 0.6 is 0 Å². The molecule has 0 saturated heterocycles. The third-order valence-corrected chi connectivity index (χ3v) is 4.96. The number of carbonyl (C=O) groups is 1. The van der Waals surface area contributed by atoms with Crippen LogP contribution in [0.15, 0.2) is 39.9 Å². The molecule has 5 rings (SSSR count). The van der Waals surface area contributed by atoms with Crippen LogP contribution in [0.25, 0.3) is 11.3 Å². The molecule has 2 aliphatic heterocycles. The van der Waals surface area contributed by atoms with Gasteiger partial charge in [-0.1, -0.05) is 0 Å². The van der Waals surface area contributed by atoms with Crippen LogP contribution in [-0.4, -0.2) is 32.3 Å². The van der Waals surface area contributed by atoms with Crippen molar-refractivity contribution in [1.29, 1.82) is 0 Å². The summed E-state index contributed by atoms with van der Waals surface area (Å²) >= 11 is 0. The van der Waals surface area contributed by atoms with E-state index in [2.05, 4.69) is 15.3 Å². The molecule has 0 saturated carbocycles. The van der Waals surface area contributed by atoms with Crippen LogP contribution in [0.3, 0.4) is 0 Å². The van der Waals surface area contributed by atoms with Crippen molar-refractivity contribution >= 4 is 11.7 Å². The Morgan fingerprint density at radius 2 is 1.93 bits per heavy atom. The second kappa shape index (κ2) is 6.04. The maximum Gasteiger partial charge on any atom is 0.329 e. The van der Waals surface area contributed by atoms with Gasteiger partial charge in [0.05, 0.1) is 22.5 Å². The van der Waals surface area contributed by atoms with Crippen molar-refractivity contribution in [3.05, 3.63) is 68.0 Å². The fourth-order valence-corrected chi connectivity index (χ4v) is 3.45. The number of aromatic amines is 1. The summed E-state index contributed by atoms with van der Waals surface area (Å²) in [7, 11) is 1.38. The van der Waals surface area contributed by atoms with Crippen molar-refractivity contribution in [3.8, 4) is 22.8 Å². The second-order valence-corrected chi connectivity index (χ2v) is 6.63. The molecule has 1 atom stereocenters. The number of aromatic nitrogens is 3. The van der Waals surface area contributed by atoms with E-state index in [0.717, 1.165) is 4.57 Å². The Bertz CT molecular complexity index is 1310. The zero-order chi connectivity index (χ0) is 20.3. The number of carbonyl (C=O) groups excluding carboxylic acids is 1. The van der Waals surface area contributed by atoms with Gasteiger partial charge in [0.25, 0.3) is 11.5 Å². The van der Waals surface area contributed by atoms with E-state index >= 15 is 0 Å². The summed E-state index contributed by atoms with van der Waals surface area (Å²) in [6.07, 6.45) is -1.51.